The zero-order chi connectivity index (χ0) is 15.3. The first-order valence-corrected chi connectivity index (χ1v) is 7.22. The lowest BCUT2D eigenvalue weighted by Crippen LogP contribution is -2.40. The Kier molecular flexibility index (Phi) is 6.42. The van der Waals surface area contributed by atoms with Crippen molar-refractivity contribution in [3.8, 4) is 0 Å². The average molecular weight is 367 g/mol. The van der Waals surface area contributed by atoms with Crippen LogP contribution in [0.1, 0.15) is 36.5 Å². The Morgan fingerprint density at radius 1 is 1.50 bits per heavy atom. The van der Waals surface area contributed by atoms with Crippen molar-refractivity contribution in [3.05, 3.63) is 33.0 Å². The van der Waals surface area contributed by atoms with Crippen molar-refractivity contribution < 1.29 is 19.1 Å². The van der Waals surface area contributed by atoms with Crippen molar-refractivity contribution in [2.45, 2.75) is 32.2 Å². The Bertz CT molecular complexity index is 525. The van der Waals surface area contributed by atoms with Crippen LogP contribution in [0, 0.1) is 5.82 Å². The van der Waals surface area contributed by atoms with Gasteiger partial charge in [-0.2, -0.15) is 0 Å². The molecule has 0 radical (unpaired) electrons. The standard InChI is InChI=1S/C13H14BrClFNO3/c1-2-3-4-10(13(19)20)17-12(18)8-5-7(15)6-9(16)11(8)14/h5-6,10H,2-4H2,1H3,(H,17,18)(H,19,20). The molecule has 0 aromatic heterocycles. The Morgan fingerprint density at radius 3 is 2.70 bits per heavy atom. The lowest BCUT2D eigenvalue weighted by molar-refractivity contribution is -0.139. The zero-order valence-electron chi connectivity index (χ0n) is 10.8. The summed E-state index contributed by atoms with van der Waals surface area (Å²) >= 11 is 8.64. The van der Waals surface area contributed by atoms with Crippen LogP contribution in [-0.4, -0.2) is 23.0 Å². The van der Waals surface area contributed by atoms with Crippen molar-refractivity contribution >= 4 is 39.4 Å². The molecule has 110 valence electrons. The van der Waals surface area contributed by atoms with Gasteiger partial charge in [0.05, 0.1) is 10.0 Å². The SMILES string of the molecule is CCCCC(NC(=O)c1cc(Cl)cc(F)c1Br)C(=O)O. The van der Waals surface area contributed by atoms with E-state index in [1.54, 1.807) is 0 Å². The summed E-state index contributed by atoms with van der Waals surface area (Å²) < 4.78 is 13.4. The number of unbranched alkanes of at least 4 members (excludes halogenated alkanes) is 1. The summed E-state index contributed by atoms with van der Waals surface area (Å²) in [5.41, 5.74) is -0.0299. The molecule has 0 saturated heterocycles. The van der Waals surface area contributed by atoms with Crippen molar-refractivity contribution in [3.63, 3.8) is 0 Å². The molecule has 0 heterocycles. The number of carboxylic acids is 1. The maximum absolute atomic E-state index is 13.5. The molecule has 0 bridgehead atoms. The summed E-state index contributed by atoms with van der Waals surface area (Å²) in [7, 11) is 0. The van der Waals surface area contributed by atoms with Crippen LogP contribution in [0.4, 0.5) is 4.39 Å². The second-order valence-electron chi connectivity index (χ2n) is 4.26. The predicted octanol–water partition coefficient (Wildman–Crippen LogP) is 3.61. The van der Waals surface area contributed by atoms with E-state index >= 15 is 0 Å². The number of aliphatic carboxylic acids is 1. The number of hydrogen-bond acceptors (Lipinski definition) is 2. The Hall–Kier alpha value is -1.14. The average Bonchev–Trinajstić information content (AvgIpc) is 2.38. The van der Waals surface area contributed by atoms with Gasteiger partial charge in [-0.1, -0.05) is 31.4 Å². The fraction of sp³-hybridized carbons (Fsp3) is 0.385. The minimum absolute atomic E-state index is 0.0299. The summed E-state index contributed by atoms with van der Waals surface area (Å²) in [5, 5.41) is 11.5. The lowest BCUT2D eigenvalue weighted by atomic mass is 10.1. The Balaban J connectivity index is 2.92. The molecule has 1 aromatic rings. The van der Waals surface area contributed by atoms with Crippen LogP contribution in [0.25, 0.3) is 0 Å². The highest BCUT2D eigenvalue weighted by molar-refractivity contribution is 9.10. The summed E-state index contributed by atoms with van der Waals surface area (Å²) in [4.78, 5) is 23.1. The van der Waals surface area contributed by atoms with Crippen LogP contribution in [0.5, 0.6) is 0 Å². The molecule has 0 aliphatic rings. The zero-order valence-corrected chi connectivity index (χ0v) is 13.1. The second kappa shape index (κ2) is 7.59. The molecule has 1 rings (SSSR count). The number of carbonyl (C=O) groups excluding carboxylic acids is 1. The number of amides is 1. The molecule has 1 atom stereocenters. The fourth-order valence-electron chi connectivity index (χ4n) is 1.62. The van der Waals surface area contributed by atoms with E-state index in [1.807, 2.05) is 6.92 Å². The van der Waals surface area contributed by atoms with Gasteiger partial charge in [-0.05, 0) is 34.5 Å². The molecule has 0 aliphatic carbocycles. The molecule has 1 amide bonds. The summed E-state index contributed by atoms with van der Waals surface area (Å²) in [6.07, 6.45) is 1.80. The number of carboxylic acid groups (broad SMARTS) is 1. The molecule has 0 aliphatic heterocycles. The van der Waals surface area contributed by atoms with Crippen LogP contribution in [0.3, 0.4) is 0 Å². The Labute approximate surface area is 129 Å². The number of hydrogen-bond donors (Lipinski definition) is 2. The first-order valence-electron chi connectivity index (χ1n) is 6.05. The molecule has 1 aromatic carbocycles. The van der Waals surface area contributed by atoms with Gasteiger partial charge >= 0.3 is 5.97 Å². The largest absolute Gasteiger partial charge is 0.480 e. The third-order valence-corrected chi connectivity index (χ3v) is 3.71. The smallest absolute Gasteiger partial charge is 0.326 e. The van der Waals surface area contributed by atoms with Crippen molar-refractivity contribution in [1.82, 2.24) is 5.32 Å². The van der Waals surface area contributed by atoms with Gasteiger partial charge in [0.15, 0.2) is 0 Å². The predicted molar refractivity (Wildman–Crippen MR) is 77.5 cm³/mol. The lowest BCUT2D eigenvalue weighted by Gasteiger charge is -2.15. The summed E-state index contributed by atoms with van der Waals surface area (Å²) in [5.74, 6) is -2.48. The van der Waals surface area contributed by atoms with E-state index in [4.69, 9.17) is 16.7 Å². The monoisotopic (exact) mass is 365 g/mol. The second-order valence-corrected chi connectivity index (χ2v) is 5.49. The molecule has 7 heteroatoms. The van der Waals surface area contributed by atoms with Crippen molar-refractivity contribution in [1.29, 1.82) is 0 Å². The number of halogens is 3. The third kappa shape index (κ3) is 4.45. The highest BCUT2D eigenvalue weighted by Crippen LogP contribution is 2.25. The molecular weight excluding hydrogens is 353 g/mol. The van der Waals surface area contributed by atoms with Crippen LogP contribution >= 0.6 is 27.5 Å². The van der Waals surface area contributed by atoms with Crippen LogP contribution in [-0.2, 0) is 4.79 Å². The van der Waals surface area contributed by atoms with Gasteiger partial charge in [-0.25, -0.2) is 9.18 Å². The Morgan fingerprint density at radius 2 is 2.15 bits per heavy atom. The third-order valence-electron chi connectivity index (χ3n) is 2.69. The van der Waals surface area contributed by atoms with E-state index in [0.29, 0.717) is 12.8 Å². The van der Waals surface area contributed by atoms with E-state index in [2.05, 4.69) is 21.2 Å². The minimum atomic E-state index is -1.12. The highest BCUT2D eigenvalue weighted by Gasteiger charge is 2.22. The minimum Gasteiger partial charge on any atom is -0.480 e. The van der Waals surface area contributed by atoms with Gasteiger partial charge in [0, 0.05) is 5.02 Å². The number of nitrogens with one attached hydrogen (secondary N) is 1. The van der Waals surface area contributed by atoms with E-state index in [1.165, 1.54) is 6.07 Å². The molecule has 20 heavy (non-hydrogen) atoms. The quantitative estimate of drug-likeness (QED) is 0.756. The molecular formula is C13H14BrClFNO3. The van der Waals surface area contributed by atoms with Gasteiger partial charge in [0.1, 0.15) is 11.9 Å². The first kappa shape index (κ1) is 16.9. The normalized spacial score (nSPS) is 12.0. The number of rotatable bonds is 6. The topological polar surface area (TPSA) is 66.4 Å². The van der Waals surface area contributed by atoms with Gasteiger partial charge < -0.3 is 10.4 Å². The van der Waals surface area contributed by atoms with Crippen LogP contribution < -0.4 is 5.32 Å². The van der Waals surface area contributed by atoms with Crippen molar-refractivity contribution in [2.24, 2.45) is 0 Å². The summed E-state index contributed by atoms with van der Waals surface area (Å²) in [6, 6.07) is 1.34. The van der Waals surface area contributed by atoms with Gasteiger partial charge in [-0.15, -0.1) is 0 Å². The number of benzene rings is 1. The number of carbonyl (C=O) groups is 2. The molecule has 4 nitrogen and oxygen atoms in total. The van der Waals surface area contributed by atoms with Crippen LogP contribution in [0.2, 0.25) is 5.02 Å². The van der Waals surface area contributed by atoms with Crippen molar-refractivity contribution in [2.75, 3.05) is 0 Å². The molecule has 0 spiro atoms. The first-order chi connectivity index (χ1) is 9.36. The van der Waals surface area contributed by atoms with Crippen LogP contribution in [0.15, 0.2) is 16.6 Å². The maximum atomic E-state index is 13.5. The molecule has 0 saturated carbocycles. The highest BCUT2D eigenvalue weighted by atomic mass is 79.9. The molecule has 1 unspecified atom stereocenters. The van der Waals surface area contributed by atoms with E-state index in [0.717, 1.165) is 12.5 Å². The van der Waals surface area contributed by atoms with Gasteiger partial charge in [0.2, 0.25) is 0 Å². The fourth-order valence-corrected chi connectivity index (χ4v) is 2.24. The van der Waals surface area contributed by atoms with E-state index < -0.39 is 23.7 Å². The molecule has 0 fully saturated rings. The van der Waals surface area contributed by atoms with E-state index in [-0.39, 0.29) is 15.1 Å². The van der Waals surface area contributed by atoms with Gasteiger partial charge in [0.25, 0.3) is 5.91 Å². The molecule has 2 N–H and O–H groups in total. The maximum Gasteiger partial charge on any atom is 0.326 e. The summed E-state index contributed by atoms with van der Waals surface area (Å²) in [6.45, 7) is 1.92. The van der Waals surface area contributed by atoms with Gasteiger partial charge in [-0.3, -0.25) is 4.79 Å². The van der Waals surface area contributed by atoms with E-state index in [9.17, 15) is 14.0 Å².